The highest BCUT2D eigenvalue weighted by Gasteiger charge is 2.29. The molecule has 1 aliphatic rings. The molecule has 6 nitrogen and oxygen atoms in total. The van der Waals surface area contributed by atoms with Crippen molar-refractivity contribution in [2.75, 3.05) is 18.4 Å². The number of aryl methyl sites for hydroxylation is 1. The Hall–Kier alpha value is -2.89. The lowest BCUT2D eigenvalue weighted by atomic mass is 10.0. The van der Waals surface area contributed by atoms with Crippen molar-refractivity contribution in [3.63, 3.8) is 0 Å². The van der Waals surface area contributed by atoms with Gasteiger partial charge in [-0.15, -0.1) is 0 Å². The van der Waals surface area contributed by atoms with Gasteiger partial charge >= 0.3 is 0 Å². The number of nitrogens with zero attached hydrogens (tertiary/aromatic N) is 2. The third kappa shape index (κ3) is 3.96. The highest BCUT2D eigenvalue weighted by atomic mass is 16.6. The first kappa shape index (κ1) is 17.0. The summed E-state index contributed by atoms with van der Waals surface area (Å²) in [6, 6.07) is 13.9. The number of anilines is 1. The number of rotatable bonds is 6. The summed E-state index contributed by atoms with van der Waals surface area (Å²) in [6.45, 7) is 3.52. The van der Waals surface area contributed by atoms with Crippen LogP contribution in [0.4, 0.5) is 11.4 Å². The van der Waals surface area contributed by atoms with Crippen LogP contribution in [0.3, 0.4) is 0 Å². The number of nitrogens with one attached hydrogen (secondary N) is 1. The predicted octanol–water partition coefficient (Wildman–Crippen LogP) is 3.16. The third-order valence-corrected chi connectivity index (χ3v) is 4.46. The van der Waals surface area contributed by atoms with Crippen LogP contribution in [0, 0.1) is 17.0 Å². The molecule has 0 aliphatic carbocycles. The zero-order valence-electron chi connectivity index (χ0n) is 14.1. The molecule has 25 heavy (non-hydrogen) atoms. The summed E-state index contributed by atoms with van der Waals surface area (Å²) in [5.41, 5.74) is 2.53. The lowest BCUT2D eigenvalue weighted by molar-refractivity contribution is -0.384. The number of carbonyl (C=O) groups is 1. The van der Waals surface area contributed by atoms with Gasteiger partial charge < -0.3 is 10.2 Å². The third-order valence-electron chi connectivity index (χ3n) is 4.46. The molecule has 0 radical (unpaired) electrons. The smallest absolute Gasteiger partial charge is 0.292 e. The molecule has 0 saturated carbocycles. The fourth-order valence-electron chi connectivity index (χ4n) is 2.86. The van der Waals surface area contributed by atoms with Crippen molar-refractivity contribution in [1.29, 1.82) is 0 Å². The molecule has 1 unspecified atom stereocenters. The molecule has 0 aromatic heterocycles. The van der Waals surface area contributed by atoms with Gasteiger partial charge in [-0.05, 0) is 25.0 Å². The second-order valence-electron chi connectivity index (χ2n) is 6.34. The Morgan fingerprint density at radius 2 is 1.88 bits per heavy atom. The highest BCUT2D eigenvalue weighted by Crippen LogP contribution is 2.25. The van der Waals surface area contributed by atoms with E-state index >= 15 is 0 Å². The van der Waals surface area contributed by atoms with Crippen molar-refractivity contribution in [3.8, 4) is 0 Å². The number of amides is 1. The van der Waals surface area contributed by atoms with E-state index in [4.69, 9.17) is 0 Å². The molecule has 1 N–H and O–H groups in total. The van der Waals surface area contributed by atoms with Crippen LogP contribution in [0.2, 0.25) is 0 Å². The summed E-state index contributed by atoms with van der Waals surface area (Å²) in [6.07, 6.45) is 1.50. The van der Waals surface area contributed by atoms with Crippen LogP contribution in [0.15, 0.2) is 48.5 Å². The van der Waals surface area contributed by atoms with Crippen molar-refractivity contribution < 1.29 is 9.72 Å². The van der Waals surface area contributed by atoms with E-state index in [1.807, 2.05) is 31.2 Å². The van der Waals surface area contributed by atoms with E-state index in [2.05, 4.69) is 5.32 Å². The van der Waals surface area contributed by atoms with Crippen LogP contribution in [0.5, 0.6) is 0 Å². The average Bonchev–Trinajstić information content (AvgIpc) is 2.55. The standard InChI is InChI=1S/C19H21N3O3/c1-14-7-9-15(10-8-14)13-17(19(23)21-11-4-12-21)20-16-5-2-3-6-18(16)22(24)25/h2-3,5-10,17,20H,4,11-13H2,1H3. The van der Waals surface area contributed by atoms with E-state index in [9.17, 15) is 14.9 Å². The SMILES string of the molecule is Cc1ccc(CC(Nc2ccccc2[N+](=O)[O-])C(=O)N2CCC2)cc1. The first-order valence-electron chi connectivity index (χ1n) is 8.39. The predicted molar refractivity (Wildman–Crippen MR) is 96.6 cm³/mol. The van der Waals surface area contributed by atoms with Gasteiger partial charge in [-0.1, -0.05) is 42.0 Å². The van der Waals surface area contributed by atoms with Gasteiger partial charge in [-0.25, -0.2) is 0 Å². The van der Waals surface area contributed by atoms with E-state index in [1.165, 1.54) is 6.07 Å². The minimum absolute atomic E-state index is 0.00928. The zero-order valence-corrected chi connectivity index (χ0v) is 14.1. The maximum Gasteiger partial charge on any atom is 0.292 e. The molecule has 2 aromatic carbocycles. The van der Waals surface area contributed by atoms with Gasteiger partial charge in [0, 0.05) is 25.6 Å². The maximum atomic E-state index is 12.8. The Labute approximate surface area is 146 Å². The van der Waals surface area contributed by atoms with Crippen LogP contribution in [0.1, 0.15) is 17.5 Å². The fraction of sp³-hybridized carbons (Fsp3) is 0.316. The van der Waals surface area contributed by atoms with Crippen molar-refractivity contribution in [2.45, 2.75) is 25.8 Å². The molecular formula is C19H21N3O3. The monoisotopic (exact) mass is 339 g/mol. The summed E-state index contributed by atoms with van der Waals surface area (Å²) < 4.78 is 0. The molecule has 0 bridgehead atoms. The second kappa shape index (κ2) is 7.34. The summed E-state index contributed by atoms with van der Waals surface area (Å²) in [7, 11) is 0. The molecule has 1 fully saturated rings. The summed E-state index contributed by atoms with van der Waals surface area (Å²) in [5, 5.41) is 14.3. The van der Waals surface area contributed by atoms with Crippen molar-refractivity contribution in [1.82, 2.24) is 4.90 Å². The Kier molecular flexibility index (Phi) is 4.97. The summed E-state index contributed by atoms with van der Waals surface area (Å²) in [5.74, 6) is -0.00928. The molecule has 2 aromatic rings. The van der Waals surface area contributed by atoms with E-state index in [1.54, 1.807) is 23.1 Å². The first-order valence-corrected chi connectivity index (χ1v) is 8.39. The van der Waals surface area contributed by atoms with E-state index in [0.717, 1.165) is 30.6 Å². The zero-order chi connectivity index (χ0) is 17.8. The molecule has 6 heteroatoms. The van der Waals surface area contributed by atoms with Gasteiger partial charge in [0.25, 0.3) is 5.69 Å². The lowest BCUT2D eigenvalue weighted by Crippen LogP contribution is -2.50. The minimum Gasteiger partial charge on any atom is -0.368 e. The molecular weight excluding hydrogens is 318 g/mol. The number of nitro benzene ring substituents is 1. The largest absolute Gasteiger partial charge is 0.368 e. The van der Waals surface area contributed by atoms with Gasteiger partial charge in [-0.2, -0.15) is 0 Å². The Morgan fingerprint density at radius 3 is 2.48 bits per heavy atom. The molecule has 1 aliphatic heterocycles. The highest BCUT2D eigenvalue weighted by molar-refractivity contribution is 5.86. The fourth-order valence-corrected chi connectivity index (χ4v) is 2.86. The van der Waals surface area contributed by atoms with Gasteiger partial charge in [0.2, 0.25) is 5.91 Å². The summed E-state index contributed by atoms with van der Waals surface area (Å²) in [4.78, 5) is 25.4. The van der Waals surface area contributed by atoms with E-state index < -0.39 is 11.0 Å². The van der Waals surface area contributed by atoms with Crippen molar-refractivity contribution in [3.05, 3.63) is 69.8 Å². The van der Waals surface area contributed by atoms with E-state index in [-0.39, 0.29) is 11.6 Å². The summed E-state index contributed by atoms with van der Waals surface area (Å²) >= 11 is 0. The van der Waals surface area contributed by atoms with Gasteiger partial charge in [0.05, 0.1) is 4.92 Å². The molecule has 1 saturated heterocycles. The van der Waals surface area contributed by atoms with E-state index in [0.29, 0.717) is 12.1 Å². The molecule has 130 valence electrons. The topological polar surface area (TPSA) is 75.5 Å². The Morgan fingerprint density at radius 1 is 1.20 bits per heavy atom. The quantitative estimate of drug-likeness (QED) is 0.648. The van der Waals surface area contributed by atoms with Crippen LogP contribution < -0.4 is 5.32 Å². The number of nitro groups is 1. The number of para-hydroxylation sites is 2. The van der Waals surface area contributed by atoms with Crippen molar-refractivity contribution >= 4 is 17.3 Å². The van der Waals surface area contributed by atoms with Crippen LogP contribution >= 0.6 is 0 Å². The molecule has 1 heterocycles. The number of hydrogen-bond donors (Lipinski definition) is 1. The maximum absolute atomic E-state index is 12.8. The number of carbonyl (C=O) groups excluding carboxylic acids is 1. The van der Waals surface area contributed by atoms with Crippen LogP contribution in [-0.2, 0) is 11.2 Å². The molecule has 1 atom stereocenters. The molecule has 1 amide bonds. The van der Waals surface area contributed by atoms with Crippen LogP contribution in [-0.4, -0.2) is 34.9 Å². The first-order chi connectivity index (χ1) is 12.0. The van der Waals surface area contributed by atoms with Gasteiger partial charge in [0.15, 0.2) is 0 Å². The Balaban J connectivity index is 1.84. The number of hydrogen-bond acceptors (Lipinski definition) is 4. The normalized spacial score (nSPS) is 14.5. The number of benzene rings is 2. The van der Waals surface area contributed by atoms with Crippen LogP contribution in [0.25, 0.3) is 0 Å². The van der Waals surface area contributed by atoms with Gasteiger partial charge in [-0.3, -0.25) is 14.9 Å². The second-order valence-corrected chi connectivity index (χ2v) is 6.34. The molecule has 0 spiro atoms. The average molecular weight is 339 g/mol. The minimum atomic E-state index is -0.524. The van der Waals surface area contributed by atoms with Crippen molar-refractivity contribution in [2.24, 2.45) is 0 Å². The number of likely N-dealkylation sites (tertiary alicyclic amines) is 1. The lowest BCUT2D eigenvalue weighted by Gasteiger charge is -2.34. The Bertz CT molecular complexity index is 770. The molecule has 3 rings (SSSR count). The van der Waals surface area contributed by atoms with Gasteiger partial charge in [0.1, 0.15) is 11.7 Å².